The van der Waals surface area contributed by atoms with Gasteiger partial charge in [0.1, 0.15) is 18.1 Å². The summed E-state index contributed by atoms with van der Waals surface area (Å²) in [4.78, 5) is 72.7. The molecule has 0 fully saturated rings. The second kappa shape index (κ2) is 20.5. The number of carboxylic acids is 1. The fourth-order valence-corrected chi connectivity index (χ4v) is 4.72. The number of amides is 4. The molecule has 2 aromatic carbocycles. The van der Waals surface area contributed by atoms with Crippen molar-refractivity contribution in [2.45, 2.75) is 62.7 Å². The van der Waals surface area contributed by atoms with Crippen LogP contribution in [0.25, 0.3) is 0 Å². The molecule has 0 bridgehead atoms. The van der Waals surface area contributed by atoms with Crippen molar-refractivity contribution in [1.82, 2.24) is 31.2 Å². The van der Waals surface area contributed by atoms with Crippen LogP contribution in [0.5, 0.6) is 0 Å². The number of rotatable bonds is 19. The van der Waals surface area contributed by atoms with Crippen LogP contribution in [0, 0.1) is 0 Å². The van der Waals surface area contributed by atoms with Crippen LogP contribution in [0.2, 0.25) is 0 Å². The standard InChI is InChI=1S/C32H42N8O6.Cu/c33-14-8-7-13-24(38-31(44)26(37-28(41)18-34)17-23-19-35-20-36-23)29(42)39-25(15-21-9-3-1-4-10-21)30(43)40-27(32(45)46)16-22-11-5-2-6-12-22;/h1-6,9-12,19-20,24-27H,7-8,13-18,33-34H2,(H6,35,36,37,38,39,40,41,42,43,44,45,46);/q;+2/p-2/t24-,25-,26-,27-;/m0./s1. The van der Waals surface area contributed by atoms with Crippen molar-refractivity contribution in [3.05, 3.63) is 90.0 Å². The second-order valence-electron chi connectivity index (χ2n) is 10.7. The van der Waals surface area contributed by atoms with Crippen molar-refractivity contribution < 1.29 is 46.1 Å². The number of nitrogens with one attached hydrogen (secondary N) is 4. The summed E-state index contributed by atoms with van der Waals surface area (Å²) in [6, 6.07) is 12.8. The molecule has 0 spiro atoms. The number of carbonyl (C=O) groups excluding carboxylic acids is 5. The average Bonchev–Trinajstić information content (AvgIpc) is 3.57. The molecular weight excluding hydrogens is 656 g/mol. The zero-order valence-corrected chi connectivity index (χ0v) is 26.6. The van der Waals surface area contributed by atoms with Gasteiger partial charge < -0.3 is 52.6 Å². The topological polar surface area (TPSA) is 236 Å². The van der Waals surface area contributed by atoms with Gasteiger partial charge in [0.25, 0.3) is 0 Å². The fourth-order valence-electron chi connectivity index (χ4n) is 4.72. The van der Waals surface area contributed by atoms with Gasteiger partial charge in [-0.1, -0.05) is 78.9 Å². The largest absolute Gasteiger partial charge is 2.00 e. The van der Waals surface area contributed by atoms with E-state index in [-0.39, 0.29) is 49.3 Å². The molecule has 15 heteroatoms. The molecule has 255 valence electrons. The number of hydrogen-bond acceptors (Lipinski definition) is 9. The number of nitrogens with two attached hydrogens (primary N) is 2. The number of nitrogens with zero attached hydrogens (tertiary/aromatic N) is 2. The summed E-state index contributed by atoms with van der Waals surface area (Å²) in [5.74, 6) is -4.14. The van der Waals surface area contributed by atoms with Crippen molar-refractivity contribution in [1.29, 1.82) is 0 Å². The van der Waals surface area contributed by atoms with E-state index in [0.29, 0.717) is 36.2 Å². The summed E-state index contributed by atoms with van der Waals surface area (Å²) in [5.41, 5.74) is 12.9. The summed E-state index contributed by atoms with van der Waals surface area (Å²) in [6.45, 7) is 0.00246. The van der Waals surface area contributed by atoms with E-state index in [1.54, 1.807) is 60.7 Å². The van der Waals surface area contributed by atoms with Gasteiger partial charge in [-0.2, -0.15) is 0 Å². The summed E-state index contributed by atoms with van der Waals surface area (Å²) in [7, 11) is 0. The van der Waals surface area contributed by atoms with E-state index in [2.05, 4.69) is 31.2 Å². The summed E-state index contributed by atoms with van der Waals surface area (Å²) < 4.78 is 0. The maximum atomic E-state index is 13.7. The number of imidazole rings is 1. The molecule has 1 radical (unpaired) electrons. The Kier molecular flexibility index (Phi) is 16.9. The minimum atomic E-state index is -1.48. The van der Waals surface area contributed by atoms with Crippen LogP contribution < -0.4 is 42.8 Å². The fraction of sp³-hybridized carbons (Fsp3) is 0.375. The van der Waals surface area contributed by atoms with Crippen molar-refractivity contribution >= 4 is 29.6 Å². The molecule has 0 saturated carbocycles. The second-order valence-corrected chi connectivity index (χ2v) is 10.7. The molecule has 0 aliphatic heterocycles. The number of benzene rings is 2. The van der Waals surface area contributed by atoms with Gasteiger partial charge in [0, 0.05) is 6.42 Å². The van der Waals surface area contributed by atoms with E-state index >= 15 is 0 Å². The van der Waals surface area contributed by atoms with Crippen LogP contribution in [-0.2, 0) is 60.3 Å². The molecule has 0 saturated heterocycles. The molecule has 0 unspecified atom stereocenters. The van der Waals surface area contributed by atoms with Crippen molar-refractivity contribution in [2.24, 2.45) is 11.5 Å². The molecule has 1 heterocycles. The number of hydrogen-bond donors (Lipinski definition) is 6. The Balaban J connectivity index is 0.00000768. The molecular formula is C32H40CuN8O6. The summed E-state index contributed by atoms with van der Waals surface area (Å²) in [5, 5.41) is 22.4. The quantitative estimate of drug-likeness (QED) is 0.0587. The Bertz CT molecular complexity index is 1410. The summed E-state index contributed by atoms with van der Waals surface area (Å²) in [6.07, 6.45) is 3.99. The van der Waals surface area contributed by atoms with Gasteiger partial charge in [0.2, 0.25) is 23.6 Å². The first kappa shape index (κ1) is 38.6. The number of carboxylic acid groups (broad SMARTS) is 1. The van der Waals surface area contributed by atoms with Crippen LogP contribution in [0.3, 0.4) is 0 Å². The van der Waals surface area contributed by atoms with Crippen LogP contribution >= 0.6 is 0 Å². The van der Waals surface area contributed by atoms with Crippen LogP contribution in [-0.4, -0.2) is 71.8 Å². The zero-order valence-electron chi connectivity index (χ0n) is 25.7. The SMILES string of the molecule is NCCCC[C@H](NC(=O)[C@H](Cc1c[n-]cn1)NC(=O)CN)C(=O)N[C@@H](Cc1ccccc1)C(=O)N[C@@H](Cc1ccccc1)C(=O)[O-].[Cu+2]. The zero-order chi connectivity index (χ0) is 33.3. The van der Waals surface area contributed by atoms with Gasteiger partial charge in [0.15, 0.2) is 0 Å². The molecule has 8 N–H and O–H groups in total. The molecule has 1 aromatic heterocycles. The van der Waals surface area contributed by atoms with Gasteiger partial charge in [-0.05, 0) is 49.8 Å². The van der Waals surface area contributed by atoms with Crippen molar-refractivity contribution in [3.63, 3.8) is 0 Å². The molecule has 3 aromatic rings. The Hall–Kier alpha value is -4.56. The van der Waals surface area contributed by atoms with Gasteiger partial charge in [-0.25, -0.2) is 0 Å². The smallest absolute Gasteiger partial charge is 0.548 e. The Labute approximate surface area is 283 Å². The number of unbranched alkanes of at least 4 members (excludes halogenated alkanes) is 1. The number of aliphatic carboxylic acids is 1. The maximum absolute atomic E-state index is 13.7. The van der Waals surface area contributed by atoms with Crippen molar-refractivity contribution in [2.75, 3.05) is 13.1 Å². The van der Waals surface area contributed by atoms with E-state index in [4.69, 9.17) is 11.5 Å². The molecule has 4 amide bonds. The van der Waals surface area contributed by atoms with Crippen LogP contribution in [0.4, 0.5) is 0 Å². The van der Waals surface area contributed by atoms with E-state index in [1.165, 1.54) is 12.5 Å². The van der Waals surface area contributed by atoms with E-state index in [1.807, 2.05) is 0 Å². The minimum absolute atomic E-state index is 0. The molecule has 3 rings (SSSR count). The van der Waals surface area contributed by atoms with Gasteiger partial charge in [-0.3, -0.25) is 19.2 Å². The monoisotopic (exact) mass is 695 g/mol. The molecule has 14 nitrogen and oxygen atoms in total. The first-order valence-corrected chi connectivity index (χ1v) is 15.0. The number of carbonyl (C=O) groups is 5. The molecule has 0 aliphatic rings. The normalized spacial score (nSPS) is 13.1. The van der Waals surface area contributed by atoms with E-state index < -0.39 is 53.8 Å². The maximum Gasteiger partial charge on any atom is 2.00 e. The third kappa shape index (κ3) is 13.4. The van der Waals surface area contributed by atoms with E-state index in [9.17, 15) is 29.1 Å². The van der Waals surface area contributed by atoms with Crippen LogP contribution in [0.15, 0.2) is 73.2 Å². The summed E-state index contributed by atoms with van der Waals surface area (Å²) >= 11 is 0. The van der Waals surface area contributed by atoms with E-state index in [0.717, 1.165) is 0 Å². The first-order chi connectivity index (χ1) is 22.2. The third-order valence-electron chi connectivity index (χ3n) is 7.14. The van der Waals surface area contributed by atoms with Crippen LogP contribution in [0.1, 0.15) is 36.1 Å². The first-order valence-electron chi connectivity index (χ1n) is 15.0. The van der Waals surface area contributed by atoms with Crippen molar-refractivity contribution in [3.8, 4) is 0 Å². The minimum Gasteiger partial charge on any atom is -0.548 e. The molecule has 47 heavy (non-hydrogen) atoms. The number of aromatic nitrogens is 2. The van der Waals surface area contributed by atoms with Gasteiger partial charge in [0.05, 0.1) is 18.6 Å². The van der Waals surface area contributed by atoms with Gasteiger partial charge >= 0.3 is 17.1 Å². The molecule has 4 atom stereocenters. The van der Waals surface area contributed by atoms with Gasteiger partial charge in [-0.15, -0.1) is 0 Å². The third-order valence-corrected chi connectivity index (χ3v) is 7.14. The Morgan fingerprint density at radius 1 is 0.702 bits per heavy atom. The Morgan fingerprint density at radius 2 is 1.21 bits per heavy atom. The predicted molar refractivity (Wildman–Crippen MR) is 166 cm³/mol. The Morgan fingerprint density at radius 3 is 1.72 bits per heavy atom. The average molecular weight is 696 g/mol. The molecule has 0 aliphatic carbocycles. The predicted octanol–water partition coefficient (Wildman–Crippen LogP) is -2.16.